The van der Waals surface area contributed by atoms with Crippen LogP contribution in [-0.2, 0) is 16.1 Å². The highest BCUT2D eigenvalue weighted by Gasteiger charge is 2.29. The maximum absolute atomic E-state index is 12.0. The van der Waals surface area contributed by atoms with Crippen LogP contribution in [0.4, 0.5) is 0 Å². The highest BCUT2D eigenvalue weighted by atomic mass is 16.5. The average molecular weight is 298 g/mol. The number of hydrogen-bond donors (Lipinski definition) is 1. The van der Waals surface area contributed by atoms with Crippen molar-refractivity contribution >= 4 is 16.7 Å². The average Bonchev–Trinajstić information content (AvgIpc) is 2.56. The van der Waals surface area contributed by atoms with E-state index in [1.807, 2.05) is 6.92 Å². The van der Waals surface area contributed by atoms with Crippen molar-refractivity contribution in [1.29, 1.82) is 0 Å². The molecule has 1 unspecified atom stereocenters. The number of rotatable bonds is 4. The molecule has 116 valence electrons. The van der Waals surface area contributed by atoms with Crippen molar-refractivity contribution in [2.75, 3.05) is 19.7 Å². The van der Waals surface area contributed by atoms with Crippen LogP contribution in [-0.4, -0.2) is 25.7 Å². The third-order valence-electron chi connectivity index (χ3n) is 4.56. The molecule has 1 aliphatic heterocycles. The van der Waals surface area contributed by atoms with E-state index < -0.39 is 0 Å². The molecule has 1 saturated heterocycles. The predicted octanol–water partition coefficient (Wildman–Crippen LogP) is 2.20. The van der Waals surface area contributed by atoms with Crippen LogP contribution in [0.1, 0.15) is 25.3 Å². The molecule has 0 radical (unpaired) electrons. The van der Waals surface area contributed by atoms with Crippen LogP contribution in [0.15, 0.2) is 42.5 Å². The lowest BCUT2D eigenvalue weighted by Crippen LogP contribution is -3.12. The van der Waals surface area contributed by atoms with Gasteiger partial charge >= 0.3 is 5.97 Å². The standard InChI is InChI=1S/C19H23NO2/c1-2-22-19(21)17-10-6-12-20(14-17)13-16-9-5-8-15-7-3-4-11-18(15)16/h3-5,7-9,11,17H,2,6,10,12-14H2,1H3/p+1/t17-/m1/s1. The predicted molar refractivity (Wildman–Crippen MR) is 87.7 cm³/mol. The van der Waals surface area contributed by atoms with Crippen molar-refractivity contribution in [3.8, 4) is 0 Å². The molecule has 1 aliphatic rings. The zero-order valence-corrected chi connectivity index (χ0v) is 13.2. The highest BCUT2D eigenvalue weighted by molar-refractivity contribution is 5.85. The second-order valence-corrected chi connectivity index (χ2v) is 6.11. The quantitative estimate of drug-likeness (QED) is 0.877. The van der Waals surface area contributed by atoms with Gasteiger partial charge in [-0.05, 0) is 30.5 Å². The van der Waals surface area contributed by atoms with E-state index in [0.29, 0.717) is 6.61 Å². The number of hydrogen-bond acceptors (Lipinski definition) is 2. The second kappa shape index (κ2) is 6.93. The first-order chi connectivity index (χ1) is 10.8. The molecule has 3 nitrogen and oxygen atoms in total. The number of carbonyl (C=O) groups is 1. The van der Waals surface area contributed by atoms with E-state index in [2.05, 4.69) is 42.5 Å². The zero-order chi connectivity index (χ0) is 15.4. The summed E-state index contributed by atoms with van der Waals surface area (Å²) in [5.74, 6) is 0.0521. The van der Waals surface area contributed by atoms with Gasteiger partial charge in [0.05, 0.1) is 19.7 Å². The number of ether oxygens (including phenoxy) is 1. The van der Waals surface area contributed by atoms with Crippen LogP contribution < -0.4 is 4.90 Å². The van der Waals surface area contributed by atoms with Crippen LogP contribution in [0.2, 0.25) is 0 Å². The summed E-state index contributed by atoms with van der Waals surface area (Å²) in [6.07, 6.45) is 2.07. The van der Waals surface area contributed by atoms with E-state index in [0.717, 1.165) is 32.5 Å². The van der Waals surface area contributed by atoms with Gasteiger partial charge in [-0.1, -0.05) is 42.5 Å². The van der Waals surface area contributed by atoms with E-state index >= 15 is 0 Å². The highest BCUT2D eigenvalue weighted by Crippen LogP contribution is 2.18. The van der Waals surface area contributed by atoms with E-state index in [1.54, 1.807) is 0 Å². The first kappa shape index (κ1) is 15.0. The van der Waals surface area contributed by atoms with Crippen LogP contribution >= 0.6 is 0 Å². The van der Waals surface area contributed by atoms with E-state index in [4.69, 9.17) is 4.74 Å². The molecule has 0 spiro atoms. The van der Waals surface area contributed by atoms with Gasteiger partial charge in [-0.15, -0.1) is 0 Å². The Balaban J connectivity index is 1.73. The fraction of sp³-hybridized carbons (Fsp3) is 0.421. The minimum Gasteiger partial charge on any atom is -0.466 e. The molecule has 1 N–H and O–H groups in total. The van der Waals surface area contributed by atoms with Crippen molar-refractivity contribution in [2.45, 2.75) is 26.3 Å². The van der Waals surface area contributed by atoms with Gasteiger partial charge in [-0.3, -0.25) is 4.79 Å². The van der Waals surface area contributed by atoms with Crippen molar-refractivity contribution in [2.24, 2.45) is 5.92 Å². The first-order valence-corrected chi connectivity index (χ1v) is 8.24. The minimum atomic E-state index is -0.0161. The third-order valence-corrected chi connectivity index (χ3v) is 4.56. The van der Waals surface area contributed by atoms with E-state index in [-0.39, 0.29) is 11.9 Å². The number of fused-ring (bicyclic) bond motifs is 1. The summed E-state index contributed by atoms with van der Waals surface area (Å²) in [4.78, 5) is 13.5. The molecule has 0 aromatic heterocycles. The smallest absolute Gasteiger partial charge is 0.314 e. The molecule has 2 atom stereocenters. The van der Waals surface area contributed by atoms with Crippen molar-refractivity contribution < 1.29 is 14.4 Å². The maximum Gasteiger partial charge on any atom is 0.314 e. The number of likely N-dealkylation sites (tertiary alicyclic amines) is 1. The number of benzene rings is 2. The Kier molecular flexibility index (Phi) is 4.74. The second-order valence-electron chi connectivity index (χ2n) is 6.11. The summed E-state index contributed by atoms with van der Waals surface area (Å²) >= 11 is 0. The SMILES string of the molecule is CCOC(=O)[C@@H]1CCC[NH+](Cc2cccc3ccccc23)C1. The Labute approximate surface area is 131 Å². The molecule has 2 aromatic rings. The van der Waals surface area contributed by atoms with Crippen molar-refractivity contribution in [1.82, 2.24) is 0 Å². The third kappa shape index (κ3) is 3.30. The summed E-state index contributed by atoms with van der Waals surface area (Å²) < 4.78 is 5.20. The van der Waals surface area contributed by atoms with Crippen LogP contribution in [0.5, 0.6) is 0 Å². The fourth-order valence-electron chi connectivity index (χ4n) is 3.49. The molecule has 0 aliphatic carbocycles. The normalized spacial score (nSPS) is 21.7. The molecule has 0 bridgehead atoms. The van der Waals surface area contributed by atoms with Gasteiger partial charge in [0.2, 0.25) is 0 Å². The Bertz CT molecular complexity index is 647. The maximum atomic E-state index is 12.0. The monoisotopic (exact) mass is 298 g/mol. The van der Waals surface area contributed by atoms with E-state index in [9.17, 15) is 4.79 Å². The lowest BCUT2D eigenvalue weighted by Gasteiger charge is -2.29. The number of nitrogens with one attached hydrogen (secondary N) is 1. The van der Waals surface area contributed by atoms with Gasteiger partial charge in [0.25, 0.3) is 0 Å². The fourth-order valence-corrected chi connectivity index (χ4v) is 3.49. The van der Waals surface area contributed by atoms with Crippen LogP contribution in [0, 0.1) is 5.92 Å². The molecule has 22 heavy (non-hydrogen) atoms. The number of esters is 1. The first-order valence-electron chi connectivity index (χ1n) is 8.24. The van der Waals surface area contributed by atoms with Crippen molar-refractivity contribution in [3.63, 3.8) is 0 Å². The Morgan fingerprint density at radius 3 is 2.91 bits per heavy atom. The Morgan fingerprint density at radius 2 is 2.05 bits per heavy atom. The summed E-state index contributed by atoms with van der Waals surface area (Å²) in [5.41, 5.74) is 1.37. The number of carbonyl (C=O) groups excluding carboxylic acids is 1. The lowest BCUT2D eigenvalue weighted by atomic mass is 9.97. The summed E-state index contributed by atoms with van der Waals surface area (Å²) in [6.45, 7) is 5.37. The van der Waals surface area contributed by atoms with E-state index in [1.165, 1.54) is 21.2 Å². The van der Waals surface area contributed by atoms with Gasteiger partial charge in [0, 0.05) is 5.56 Å². The zero-order valence-electron chi connectivity index (χ0n) is 13.2. The molecular weight excluding hydrogens is 274 g/mol. The van der Waals surface area contributed by atoms with Gasteiger partial charge in [0.1, 0.15) is 12.5 Å². The molecular formula is C19H24NO2+. The molecule has 1 fully saturated rings. The molecule has 3 heteroatoms. The number of quaternary nitrogens is 1. The summed E-state index contributed by atoms with van der Waals surface area (Å²) in [6, 6.07) is 15.0. The molecule has 3 rings (SSSR count). The Hall–Kier alpha value is -1.87. The van der Waals surface area contributed by atoms with Crippen LogP contribution in [0.3, 0.4) is 0 Å². The molecule has 0 amide bonds. The molecule has 1 heterocycles. The Morgan fingerprint density at radius 1 is 1.23 bits per heavy atom. The van der Waals surface area contributed by atoms with Gasteiger partial charge in [-0.2, -0.15) is 0 Å². The topological polar surface area (TPSA) is 30.7 Å². The number of piperidine rings is 1. The van der Waals surface area contributed by atoms with Crippen molar-refractivity contribution in [3.05, 3.63) is 48.0 Å². The minimum absolute atomic E-state index is 0.0161. The summed E-state index contributed by atoms with van der Waals surface area (Å²) in [7, 11) is 0. The molecule has 2 aromatic carbocycles. The lowest BCUT2D eigenvalue weighted by molar-refractivity contribution is -0.921. The van der Waals surface area contributed by atoms with Gasteiger partial charge in [0.15, 0.2) is 0 Å². The van der Waals surface area contributed by atoms with Gasteiger partial charge in [-0.25, -0.2) is 0 Å². The summed E-state index contributed by atoms with van der Waals surface area (Å²) in [5, 5.41) is 2.62. The largest absolute Gasteiger partial charge is 0.466 e. The molecule has 0 saturated carbocycles. The van der Waals surface area contributed by atoms with Crippen LogP contribution in [0.25, 0.3) is 10.8 Å². The van der Waals surface area contributed by atoms with Gasteiger partial charge < -0.3 is 9.64 Å².